The van der Waals surface area contributed by atoms with Crippen LogP contribution in [0.4, 0.5) is 0 Å². The third-order valence-electron chi connectivity index (χ3n) is 1.99. The molecule has 0 saturated carbocycles. The van der Waals surface area contributed by atoms with Crippen LogP contribution in [0.3, 0.4) is 0 Å². The minimum absolute atomic E-state index is 0.231. The van der Waals surface area contributed by atoms with Crippen LogP contribution in [-0.2, 0) is 0 Å². The van der Waals surface area contributed by atoms with Gasteiger partial charge in [0.1, 0.15) is 0 Å². The molecule has 2 unspecified atom stereocenters. The number of halogens is 2. The van der Waals surface area contributed by atoms with Crippen LogP contribution in [0, 0.1) is 0 Å². The minimum Gasteiger partial charge on any atom is -0.102 e. The Balaban J connectivity index is 2.88. The van der Waals surface area contributed by atoms with Crippen molar-refractivity contribution in [2.75, 3.05) is 0 Å². The summed E-state index contributed by atoms with van der Waals surface area (Å²) < 4.78 is 0. The van der Waals surface area contributed by atoms with Crippen LogP contribution in [-0.4, -0.2) is 0 Å². The van der Waals surface area contributed by atoms with Crippen LogP contribution in [0.25, 0.3) is 0 Å². The van der Waals surface area contributed by atoms with Crippen LogP contribution in [0.1, 0.15) is 20.8 Å². The Hall–Kier alpha value is -0.340. The number of hydrogen-bond donors (Lipinski definition) is 0. The first-order valence-electron chi connectivity index (χ1n) is 4.32. The van der Waals surface area contributed by atoms with Gasteiger partial charge >= 0.3 is 0 Å². The van der Waals surface area contributed by atoms with Crippen molar-refractivity contribution in [3.8, 4) is 0 Å². The van der Waals surface area contributed by atoms with Gasteiger partial charge in [-0.25, -0.2) is 0 Å². The van der Waals surface area contributed by atoms with Crippen molar-refractivity contribution in [1.29, 1.82) is 0 Å². The Morgan fingerprint density at radius 1 is 0.857 bits per heavy atom. The van der Waals surface area contributed by atoms with Crippen LogP contribution in [0.15, 0.2) is 49.6 Å². The molecule has 0 radical (unpaired) electrons. The second-order valence-corrected chi connectivity index (χ2v) is 4.91. The molecule has 0 heterocycles. The number of alkyl halides is 2. The Labute approximate surface area is 102 Å². The topological polar surface area (TPSA) is 0 Å². The molecule has 0 fully saturated rings. The maximum Gasteiger partial charge on any atom is 0.0572 e. The largest absolute Gasteiger partial charge is 0.102 e. The molecule has 2 heteroatoms. The summed E-state index contributed by atoms with van der Waals surface area (Å²) in [5.41, 5.74) is 2.43. The molecule has 0 aliphatic rings. The lowest BCUT2D eigenvalue weighted by atomic mass is 10.1. The van der Waals surface area contributed by atoms with E-state index in [0.29, 0.717) is 0 Å². The smallest absolute Gasteiger partial charge is 0.0572 e. The molecule has 74 valence electrons. The maximum atomic E-state index is 3.74. The highest BCUT2D eigenvalue weighted by Crippen LogP contribution is 2.28. The van der Waals surface area contributed by atoms with Gasteiger partial charge in [-0.15, -0.1) is 13.2 Å². The molecule has 0 bridgehead atoms. The van der Waals surface area contributed by atoms with Crippen LogP contribution < -0.4 is 0 Å². The standard InChI is InChI=1S/C12H12Br2/c1-3-11(13)9-5-7-10(8-6-9)12(14)4-2/h3-8,11-12H,1-2H2. The molecule has 0 amide bonds. The molecular weight excluding hydrogens is 304 g/mol. The maximum absolute atomic E-state index is 3.74. The van der Waals surface area contributed by atoms with E-state index in [4.69, 9.17) is 0 Å². The summed E-state index contributed by atoms with van der Waals surface area (Å²) >= 11 is 7.03. The fourth-order valence-electron chi connectivity index (χ4n) is 1.14. The molecule has 2 atom stereocenters. The molecule has 14 heavy (non-hydrogen) atoms. The average molecular weight is 316 g/mol. The van der Waals surface area contributed by atoms with E-state index in [1.165, 1.54) is 11.1 Å². The summed E-state index contributed by atoms with van der Waals surface area (Å²) in [4.78, 5) is 0.461. The quantitative estimate of drug-likeness (QED) is 0.546. The van der Waals surface area contributed by atoms with E-state index in [-0.39, 0.29) is 9.65 Å². The van der Waals surface area contributed by atoms with E-state index in [0.717, 1.165) is 0 Å². The SMILES string of the molecule is C=CC(Br)c1ccc(C(Br)C=C)cc1. The zero-order valence-electron chi connectivity index (χ0n) is 7.79. The number of benzene rings is 1. The van der Waals surface area contributed by atoms with E-state index >= 15 is 0 Å². The van der Waals surface area contributed by atoms with Crippen molar-refractivity contribution in [1.82, 2.24) is 0 Å². The number of rotatable bonds is 4. The van der Waals surface area contributed by atoms with Gasteiger partial charge < -0.3 is 0 Å². The van der Waals surface area contributed by atoms with Gasteiger partial charge in [-0.3, -0.25) is 0 Å². The average Bonchev–Trinajstić information content (AvgIpc) is 2.27. The molecule has 0 nitrogen and oxygen atoms in total. The van der Waals surface area contributed by atoms with Gasteiger partial charge in [-0.05, 0) is 11.1 Å². The van der Waals surface area contributed by atoms with Crippen LogP contribution in [0.2, 0.25) is 0 Å². The monoisotopic (exact) mass is 314 g/mol. The fraction of sp³-hybridized carbons (Fsp3) is 0.167. The normalized spacial score (nSPS) is 14.4. The van der Waals surface area contributed by atoms with Gasteiger partial charge in [0.15, 0.2) is 0 Å². The predicted octanol–water partition coefficient (Wildman–Crippen LogP) is 4.93. The summed E-state index contributed by atoms with van der Waals surface area (Å²) in [7, 11) is 0. The first kappa shape index (κ1) is 11.7. The van der Waals surface area contributed by atoms with E-state index in [2.05, 4.69) is 69.3 Å². The molecule has 0 aromatic heterocycles. The van der Waals surface area contributed by atoms with E-state index in [1.54, 1.807) is 0 Å². The fourth-order valence-corrected chi connectivity index (χ4v) is 1.75. The molecule has 0 spiro atoms. The van der Waals surface area contributed by atoms with Gasteiger partial charge in [-0.1, -0.05) is 68.3 Å². The molecule has 1 aromatic carbocycles. The van der Waals surface area contributed by atoms with Crippen molar-refractivity contribution in [3.05, 3.63) is 60.7 Å². The second kappa shape index (κ2) is 5.52. The van der Waals surface area contributed by atoms with Gasteiger partial charge in [0, 0.05) is 0 Å². The molecule has 0 aliphatic carbocycles. The molecular formula is C12H12Br2. The van der Waals surface area contributed by atoms with Crippen LogP contribution in [0.5, 0.6) is 0 Å². The second-order valence-electron chi connectivity index (χ2n) is 2.94. The molecule has 0 N–H and O–H groups in total. The molecule has 0 aliphatic heterocycles. The summed E-state index contributed by atoms with van der Waals surface area (Å²) in [5.74, 6) is 0. The van der Waals surface area contributed by atoms with Crippen molar-refractivity contribution in [2.45, 2.75) is 9.65 Å². The van der Waals surface area contributed by atoms with Gasteiger partial charge in [0.25, 0.3) is 0 Å². The highest BCUT2D eigenvalue weighted by molar-refractivity contribution is 9.09. The highest BCUT2D eigenvalue weighted by atomic mass is 79.9. The van der Waals surface area contributed by atoms with Crippen molar-refractivity contribution < 1.29 is 0 Å². The first-order valence-corrected chi connectivity index (χ1v) is 6.15. The van der Waals surface area contributed by atoms with Crippen molar-refractivity contribution in [2.24, 2.45) is 0 Å². The van der Waals surface area contributed by atoms with E-state index in [9.17, 15) is 0 Å². The Morgan fingerprint density at radius 2 is 1.14 bits per heavy atom. The van der Waals surface area contributed by atoms with E-state index in [1.807, 2.05) is 12.2 Å². The Bertz CT molecular complexity index is 281. The zero-order valence-corrected chi connectivity index (χ0v) is 11.0. The Kier molecular flexibility index (Phi) is 4.63. The predicted molar refractivity (Wildman–Crippen MR) is 70.2 cm³/mol. The van der Waals surface area contributed by atoms with Crippen LogP contribution >= 0.6 is 31.9 Å². The third kappa shape index (κ3) is 2.82. The lowest BCUT2D eigenvalue weighted by Crippen LogP contribution is -1.88. The molecule has 1 aromatic rings. The first-order chi connectivity index (χ1) is 6.69. The van der Waals surface area contributed by atoms with Crippen molar-refractivity contribution in [3.63, 3.8) is 0 Å². The Morgan fingerprint density at radius 3 is 1.36 bits per heavy atom. The minimum atomic E-state index is 0.231. The van der Waals surface area contributed by atoms with Gasteiger partial charge in [-0.2, -0.15) is 0 Å². The van der Waals surface area contributed by atoms with Crippen molar-refractivity contribution >= 4 is 31.9 Å². The molecule has 1 rings (SSSR count). The zero-order chi connectivity index (χ0) is 10.6. The number of hydrogen-bond acceptors (Lipinski definition) is 0. The van der Waals surface area contributed by atoms with Gasteiger partial charge in [0.05, 0.1) is 9.65 Å². The third-order valence-corrected chi connectivity index (χ3v) is 3.79. The molecule has 0 saturated heterocycles. The van der Waals surface area contributed by atoms with E-state index < -0.39 is 0 Å². The summed E-state index contributed by atoms with van der Waals surface area (Å²) in [6.07, 6.45) is 3.74. The number of allylic oxidation sites excluding steroid dienone is 2. The highest BCUT2D eigenvalue weighted by Gasteiger charge is 2.05. The van der Waals surface area contributed by atoms with Gasteiger partial charge in [0.2, 0.25) is 0 Å². The lowest BCUT2D eigenvalue weighted by molar-refractivity contribution is 1.21. The summed E-state index contributed by atoms with van der Waals surface area (Å²) in [6.45, 7) is 7.48. The summed E-state index contributed by atoms with van der Waals surface area (Å²) in [5, 5.41) is 0. The lowest BCUT2D eigenvalue weighted by Gasteiger charge is -2.08. The summed E-state index contributed by atoms with van der Waals surface area (Å²) in [6, 6.07) is 8.37.